The van der Waals surface area contributed by atoms with Gasteiger partial charge < -0.3 is 10.1 Å². The van der Waals surface area contributed by atoms with Gasteiger partial charge in [0.05, 0.1) is 6.61 Å². The lowest BCUT2D eigenvalue weighted by Crippen LogP contribution is -2.00. The van der Waals surface area contributed by atoms with Gasteiger partial charge in [-0.25, -0.2) is 9.89 Å². The normalized spacial score (nSPS) is 10.2. The van der Waals surface area contributed by atoms with Crippen LogP contribution in [-0.4, -0.2) is 27.8 Å². The summed E-state index contributed by atoms with van der Waals surface area (Å²) in [7, 11) is 0. The second kappa shape index (κ2) is 4.91. The summed E-state index contributed by atoms with van der Waals surface area (Å²) in [5.74, 6) is 0.0788. The molecule has 6 heteroatoms. The molecule has 0 fully saturated rings. The van der Waals surface area contributed by atoms with Crippen molar-refractivity contribution in [3.63, 3.8) is 0 Å². The van der Waals surface area contributed by atoms with Crippen molar-refractivity contribution in [3.8, 4) is 0 Å². The van der Waals surface area contributed by atoms with Crippen LogP contribution in [-0.2, 0) is 9.53 Å². The fraction of sp³-hybridized carbons (Fsp3) is 0.286. The third kappa shape index (κ3) is 3.37. The minimum atomic E-state index is -0.394. The van der Waals surface area contributed by atoms with Crippen molar-refractivity contribution in [2.75, 3.05) is 11.9 Å². The Bertz CT molecular complexity index is 281. The first-order valence-electron chi connectivity index (χ1n) is 3.78. The van der Waals surface area contributed by atoms with Crippen LogP contribution >= 0.6 is 0 Å². The predicted molar refractivity (Wildman–Crippen MR) is 45.8 cm³/mol. The molecule has 1 rings (SSSR count). The van der Waals surface area contributed by atoms with Crippen molar-refractivity contribution < 1.29 is 9.53 Å². The van der Waals surface area contributed by atoms with Gasteiger partial charge in [0.1, 0.15) is 6.33 Å². The molecule has 70 valence electrons. The Morgan fingerprint density at radius 3 is 3.31 bits per heavy atom. The van der Waals surface area contributed by atoms with Crippen LogP contribution in [0.25, 0.3) is 0 Å². The molecule has 0 radical (unpaired) electrons. The fourth-order valence-electron chi connectivity index (χ4n) is 0.654. The SMILES string of the molecule is CCOC(=O)/C=C\Nc1ncn[nH]1. The molecule has 0 aliphatic heterocycles. The summed E-state index contributed by atoms with van der Waals surface area (Å²) in [6.45, 7) is 2.11. The van der Waals surface area contributed by atoms with E-state index in [0.717, 1.165) is 0 Å². The quantitative estimate of drug-likeness (QED) is 0.517. The summed E-state index contributed by atoms with van der Waals surface area (Å²) < 4.78 is 4.65. The lowest BCUT2D eigenvalue weighted by atomic mass is 10.6. The zero-order valence-corrected chi connectivity index (χ0v) is 7.15. The molecular formula is C7H10N4O2. The fourth-order valence-corrected chi connectivity index (χ4v) is 0.654. The van der Waals surface area contributed by atoms with E-state index in [4.69, 9.17) is 0 Å². The summed E-state index contributed by atoms with van der Waals surface area (Å²) in [4.78, 5) is 14.6. The van der Waals surface area contributed by atoms with Gasteiger partial charge in [0.15, 0.2) is 0 Å². The third-order valence-electron chi connectivity index (χ3n) is 1.14. The molecule has 13 heavy (non-hydrogen) atoms. The van der Waals surface area contributed by atoms with E-state index >= 15 is 0 Å². The van der Waals surface area contributed by atoms with E-state index < -0.39 is 5.97 Å². The van der Waals surface area contributed by atoms with Gasteiger partial charge in [-0.05, 0) is 6.92 Å². The van der Waals surface area contributed by atoms with Crippen LogP contribution in [0.5, 0.6) is 0 Å². The first-order chi connectivity index (χ1) is 6.33. The molecule has 0 aromatic carbocycles. The Balaban J connectivity index is 2.29. The molecule has 0 amide bonds. The number of anilines is 1. The number of esters is 1. The maximum Gasteiger partial charge on any atom is 0.332 e. The van der Waals surface area contributed by atoms with Crippen LogP contribution in [0.15, 0.2) is 18.6 Å². The number of H-pyrrole nitrogens is 1. The Hall–Kier alpha value is -1.85. The number of carbonyl (C=O) groups excluding carboxylic acids is 1. The van der Waals surface area contributed by atoms with Crippen LogP contribution < -0.4 is 5.32 Å². The van der Waals surface area contributed by atoms with Crippen LogP contribution in [0.2, 0.25) is 0 Å². The smallest absolute Gasteiger partial charge is 0.332 e. The topological polar surface area (TPSA) is 79.9 Å². The molecule has 0 bridgehead atoms. The Morgan fingerprint density at radius 2 is 2.69 bits per heavy atom. The van der Waals surface area contributed by atoms with Gasteiger partial charge in [0.25, 0.3) is 0 Å². The highest BCUT2D eigenvalue weighted by Crippen LogP contribution is 1.91. The number of hydrogen-bond acceptors (Lipinski definition) is 5. The van der Waals surface area contributed by atoms with Gasteiger partial charge >= 0.3 is 5.97 Å². The molecule has 1 aromatic heterocycles. The summed E-state index contributed by atoms with van der Waals surface area (Å²) in [6, 6.07) is 0. The van der Waals surface area contributed by atoms with Gasteiger partial charge in [0, 0.05) is 12.3 Å². The Labute approximate surface area is 75.0 Å². The van der Waals surface area contributed by atoms with Crippen molar-refractivity contribution in [1.82, 2.24) is 15.2 Å². The van der Waals surface area contributed by atoms with Crippen LogP contribution in [0.3, 0.4) is 0 Å². The minimum Gasteiger partial charge on any atom is -0.463 e. The zero-order valence-electron chi connectivity index (χ0n) is 7.15. The number of ether oxygens (including phenoxy) is 1. The molecule has 1 aromatic rings. The van der Waals surface area contributed by atoms with Crippen molar-refractivity contribution in [2.45, 2.75) is 6.92 Å². The summed E-state index contributed by atoms with van der Waals surface area (Å²) in [5, 5.41) is 8.88. The number of nitrogens with zero attached hydrogens (tertiary/aromatic N) is 2. The second-order valence-corrected chi connectivity index (χ2v) is 2.06. The molecular weight excluding hydrogens is 172 g/mol. The van der Waals surface area contributed by atoms with E-state index in [1.54, 1.807) is 6.92 Å². The van der Waals surface area contributed by atoms with Gasteiger partial charge in [0.2, 0.25) is 5.95 Å². The van der Waals surface area contributed by atoms with E-state index in [0.29, 0.717) is 12.6 Å². The Kier molecular flexibility index (Phi) is 3.49. The van der Waals surface area contributed by atoms with E-state index in [2.05, 4.69) is 25.2 Å². The largest absolute Gasteiger partial charge is 0.463 e. The number of nitrogens with one attached hydrogen (secondary N) is 2. The summed E-state index contributed by atoms with van der Waals surface area (Å²) in [5.41, 5.74) is 0. The van der Waals surface area contributed by atoms with E-state index in [-0.39, 0.29) is 0 Å². The van der Waals surface area contributed by atoms with Crippen LogP contribution in [0.1, 0.15) is 6.92 Å². The van der Waals surface area contributed by atoms with E-state index in [1.165, 1.54) is 18.6 Å². The van der Waals surface area contributed by atoms with Crippen molar-refractivity contribution in [1.29, 1.82) is 0 Å². The molecule has 0 atom stereocenters. The molecule has 0 aliphatic carbocycles. The average Bonchev–Trinajstić information content (AvgIpc) is 2.57. The number of aromatic nitrogens is 3. The van der Waals surface area contributed by atoms with Gasteiger partial charge in [-0.3, -0.25) is 0 Å². The third-order valence-corrected chi connectivity index (χ3v) is 1.14. The average molecular weight is 182 g/mol. The first kappa shape index (κ1) is 9.24. The molecule has 2 N–H and O–H groups in total. The van der Waals surface area contributed by atoms with E-state index in [1.807, 2.05) is 0 Å². The maximum atomic E-state index is 10.8. The van der Waals surface area contributed by atoms with Gasteiger partial charge in [-0.15, -0.1) is 0 Å². The highest BCUT2D eigenvalue weighted by Gasteiger charge is 1.93. The minimum absolute atomic E-state index is 0.367. The van der Waals surface area contributed by atoms with Crippen molar-refractivity contribution in [2.24, 2.45) is 0 Å². The standard InChI is InChI=1S/C7H10N4O2/c1-2-13-6(12)3-4-8-7-9-5-10-11-7/h3-5H,2H2,1H3,(H2,8,9,10,11)/b4-3-. The zero-order chi connectivity index (χ0) is 9.52. The molecule has 0 aliphatic rings. The molecule has 0 saturated heterocycles. The Morgan fingerprint density at radius 1 is 1.85 bits per heavy atom. The van der Waals surface area contributed by atoms with Gasteiger partial charge in [-0.2, -0.15) is 10.1 Å². The lowest BCUT2D eigenvalue weighted by molar-refractivity contribution is -0.137. The summed E-state index contributed by atoms with van der Waals surface area (Å²) >= 11 is 0. The van der Waals surface area contributed by atoms with Crippen LogP contribution in [0, 0.1) is 0 Å². The highest BCUT2D eigenvalue weighted by atomic mass is 16.5. The molecule has 6 nitrogen and oxygen atoms in total. The van der Waals surface area contributed by atoms with Crippen molar-refractivity contribution in [3.05, 3.63) is 18.6 Å². The highest BCUT2D eigenvalue weighted by molar-refractivity contribution is 5.82. The number of carbonyl (C=O) groups is 1. The molecule has 0 saturated carbocycles. The number of rotatable bonds is 4. The van der Waals surface area contributed by atoms with Crippen LogP contribution in [0.4, 0.5) is 5.95 Å². The molecule has 1 heterocycles. The maximum absolute atomic E-state index is 10.8. The second-order valence-electron chi connectivity index (χ2n) is 2.06. The lowest BCUT2D eigenvalue weighted by Gasteiger charge is -1.94. The predicted octanol–water partition coefficient (Wildman–Crippen LogP) is 0.293. The van der Waals surface area contributed by atoms with Crippen molar-refractivity contribution >= 4 is 11.9 Å². The molecule has 0 unspecified atom stereocenters. The van der Waals surface area contributed by atoms with E-state index in [9.17, 15) is 4.79 Å². The number of aromatic amines is 1. The monoisotopic (exact) mass is 182 g/mol. The number of hydrogen-bond donors (Lipinski definition) is 2. The summed E-state index contributed by atoms with van der Waals surface area (Å²) in [6.07, 6.45) is 4.06. The molecule has 0 spiro atoms. The van der Waals surface area contributed by atoms with Gasteiger partial charge in [-0.1, -0.05) is 0 Å². The first-order valence-corrected chi connectivity index (χ1v) is 3.78.